The minimum atomic E-state index is -4.00. The molecule has 3 rings (SSSR count). The normalized spacial score (nSPS) is 13.4. The number of hydrogen-bond acceptors (Lipinski definition) is 6. The first-order valence-electron chi connectivity index (χ1n) is 6.69. The van der Waals surface area contributed by atoms with Gasteiger partial charge in [-0.1, -0.05) is 6.07 Å². The van der Waals surface area contributed by atoms with E-state index in [9.17, 15) is 23.3 Å². The standard InChI is InChI=1S/C14H11N3O6S/c18-14-8-23-13-6-9(4-5-12(13)15-14)16-24(21,22)11-3-1-2-10(7-11)17(19)20/h1-7,16H,8H2,(H,15,18). The summed E-state index contributed by atoms with van der Waals surface area (Å²) in [5, 5.41) is 13.4. The number of benzene rings is 2. The van der Waals surface area contributed by atoms with Crippen LogP contribution in [0.25, 0.3) is 0 Å². The topological polar surface area (TPSA) is 128 Å². The molecule has 2 aromatic rings. The number of rotatable bonds is 4. The molecule has 2 aromatic carbocycles. The molecule has 0 aromatic heterocycles. The second-order valence-corrected chi connectivity index (χ2v) is 6.59. The SMILES string of the molecule is O=C1COc2cc(NS(=O)(=O)c3cccc([N+](=O)[O-])c3)ccc2N1. The molecule has 1 heterocycles. The van der Waals surface area contributed by atoms with Gasteiger partial charge in [0.05, 0.1) is 21.2 Å². The van der Waals surface area contributed by atoms with Gasteiger partial charge in [-0.2, -0.15) is 0 Å². The molecule has 124 valence electrons. The maximum Gasteiger partial charge on any atom is 0.270 e. The number of fused-ring (bicyclic) bond motifs is 1. The van der Waals surface area contributed by atoms with E-state index in [0.717, 1.165) is 6.07 Å². The second kappa shape index (κ2) is 5.81. The number of nitrogens with one attached hydrogen (secondary N) is 2. The Bertz CT molecular complexity index is 941. The minimum absolute atomic E-state index is 0.159. The van der Waals surface area contributed by atoms with Gasteiger partial charge in [0.25, 0.3) is 21.6 Å². The van der Waals surface area contributed by atoms with Gasteiger partial charge in [-0.3, -0.25) is 19.6 Å². The fourth-order valence-electron chi connectivity index (χ4n) is 2.12. The summed E-state index contributed by atoms with van der Waals surface area (Å²) < 4.78 is 32.2. The Labute approximate surface area is 136 Å². The van der Waals surface area contributed by atoms with E-state index in [1.807, 2.05) is 0 Å². The number of anilines is 2. The lowest BCUT2D eigenvalue weighted by molar-refractivity contribution is -0.385. The van der Waals surface area contributed by atoms with E-state index in [1.54, 1.807) is 0 Å². The van der Waals surface area contributed by atoms with Crippen LogP contribution in [0.1, 0.15) is 0 Å². The van der Waals surface area contributed by atoms with E-state index in [0.29, 0.717) is 11.4 Å². The van der Waals surface area contributed by atoms with Crippen LogP contribution in [0.3, 0.4) is 0 Å². The summed E-state index contributed by atoms with van der Waals surface area (Å²) in [7, 11) is -4.00. The van der Waals surface area contributed by atoms with E-state index < -0.39 is 14.9 Å². The maximum atomic E-state index is 12.4. The average molecular weight is 349 g/mol. The van der Waals surface area contributed by atoms with Crippen molar-refractivity contribution in [3.63, 3.8) is 0 Å². The van der Waals surface area contributed by atoms with E-state index in [2.05, 4.69) is 10.0 Å². The van der Waals surface area contributed by atoms with Crippen molar-refractivity contribution in [2.45, 2.75) is 4.90 Å². The highest BCUT2D eigenvalue weighted by molar-refractivity contribution is 7.92. The molecular weight excluding hydrogens is 338 g/mol. The molecule has 0 saturated carbocycles. The molecule has 2 N–H and O–H groups in total. The molecule has 0 saturated heterocycles. The highest BCUT2D eigenvalue weighted by Crippen LogP contribution is 2.31. The predicted octanol–water partition coefficient (Wildman–Crippen LogP) is 1.73. The van der Waals surface area contributed by atoms with Crippen LogP contribution in [0.15, 0.2) is 47.4 Å². The maximum absolute atomic E-state index is 12.4. The summed E-state index contributed by atoms with van der Waals surface area (Å²) in [6, 6.07) is 9.08. The van der Waals surface area contributed by atoms with Crippen LogP contribution in [0.2, 0.25) is 0 Å². The van der Waals surface area contributed by atoms with E-state index in [-0.39, 0.29) is 28.8 Å². The zero-order valence-corrected chi connectivity index (χ0v) is 12.9. The summed E-state index contributed by atoms with van der Waals surface area (Å²) >= 11 is 0. The van der Waals surface area contributed by atoms with Crippen molar-refractivity contribution in [3.8, 4) is 5.75 Å². The molecular formula is C14H11N3O6S. The van der Waals surface area contributed by atoms with Crippen LogP contribution in [0.4, 0.5) is 17.1 Å². The Morgan fingerprint density at radius 2 is 2.00 bits per heavy atom. The lowest BCUT2D eigenvalue weighted by Gasteiger charge is -2.18. The lowest BCUT2D eigenvalue weighted by Crippen LogP contribution is -2.25. The van der Waals surface area contributed by atoms with Gasteiger partial charge in [-0.05, 0) is 18.2 Å². The first-order valence-corrected chi connectivity index (χ1v) is 8.17. The van der Waals surface area contributed by atoms with Crippen molar-refractivity contribution in [2.24, 2.45) is 0 Å². The summed E-state index contributed by atoms with van der Waals surface area (Å²) in [5.74, 6) is 0.0290. The number of nitro benzene ring substituents is 1. The minimum Gasteiger partial charge on any atom is -0.482 e. The van der Waals surface area contributed by atoms with Crippen molar-refractivity contribution in [2.75, 3.05) is 16.6 Å². The molecule has 9 nitrogen and oxygen atoms in total. The van der Waals surface area contributed by atoms with Gasteiger partial charge < -0.3 is 10.1 Å². The average Bonchev–Trinajstić information content (AvgIpc) is 2.55. The molecule has 10 heteroatoms. The smallest absolute Gasteiger partial charge is 0.270 e. The Balaban J connectivity index is 1.89. The third kappa shape index (κ3) is 3.13. The first kappa shape index (κ1) is 15.7. The van der Waals surface area contributed by atoms with Gasteiger partial charge in [0.2, 0.25) is 0 Å². The number of sulfonamides is 1. The molecule has 0 unspecified atom stereocenters. The fraction of sp³-hybridized carbons (Fsp3) is 0.0714. The fourth-order valence-corrected chi connectivity index (χ4v) is 3.21. The molecule has 0 radical (unpaired) electrons. The largest absolute Gasteiger partial charge is 0.482 e. The third-order valence-corrected chi connectivity index (χ3v) is 4.58. The number of carbonyl (C=O) groups is 1. The Hall–Kier alpha value is -3.14. The predicted molar refractivity (Wildman–Crippen MR) is 84.5 cm³/mol. The number of hydrogen-bond donors (Lipinski definition) is 2. The zero-order chi connectivity index (χ0) is 17.3. The zero-order valence-electron chi connectivity index (χ0n) is 12.1. The Kier molecular flexibility index (Phi) is 3.81. The number of carbonyl (C=O) groups excluding carboxylic acids is 1. The van der Waals surface area contributed by atoms with Crippen LogP contribution in [0, 0.1) is 10.1 Å². The van der Waals surface area contributed by atoms with Crippen LogP contribution in [0.5, 0.6) is 5.75 Å². The third-order valence-electron chi connectivity index (χ3n) is 3.21. The number of nitro groups is 1. The van der Waals surface area contributed by atoms with Crippen molar-refractivity contribution < 1.29 is 22.9 Å². The highest BCUT2D eigenvalue weighted by Gasteiger charge is 2.20. The number of nitrogens with zero attached hydrogens (tertiary/aromatic N) is 1. The highest BCUT2D eigenvalue weighted by atomic mass is 32.2. The molecule has 1 aliphatic rings. The first-order chi connectivity index (χ1) is 11.3. The molecule has 0 aliphatic carbocycles. The quantitative estimate of drug-likeness (QED) is 0.639. The lowest BCUT2D eigenvalue weighted by atomic mass is 10.2. The van der Waals surface area contributed by atoms with Crippen molar-refractivity contribution in [1.29, 1.82) is 0 Å². The molecule has 0 fully saturated rings. The van der Waals surface area contributed by atoms with Crippen LogP contribution in [-0.4, -0.2) is 25.9 Å². The van der Waals surface area contributed by atoms with E-state index >= 15 is 0 Å². The molecule has 1 amide bonds. The number of ether oxygens (including phenoxy) is 1. The van der Waals surface area contributed by atoms with Crippen molar-refractivity contribution in [1.82, 2.24) is 0 Å². The molecule has 0 bridgehead atoms. The Morgan fingerprint density at radius 1 is 1.21 bits per heavy atom. The molecule has 0 atom stereocenters. The van der Waals surface area contributed by atoms with Gasteiger partial charge in [0.15, 0.2) is 6.61 Å². The van der Waals surface area contributed by atoms with E-state index in [4.69, 9.17) is 4.74 Å². The Morgan fingerprint density at radius 3 is 2.75 bits per heavy atom. The van der Waals surface area contributed by atoms with Gasteiger partial charge in [0.1, 0.15) is 5.75 Å². The molecule has 0 spiro atoms. The van der Waals surface area contributed by atoms with E-state index in [1.165, 1.54) is 36.4 Å². The number of amides is 1. The van der Waals surface area contributed by atoms with Crippen LogP contribution in [-0.2, 0) is 14.8 Å². The summed E-state index contributed by atoms with van der Waals surface area (Å²) in [6.07, 6.45) is 0. The van der Waals surface area contributed by atoms with Crippen molar-refractivity contribution in [3.05, 3.63) is 52.6 Å². The summed E-state index contributed by atoms with van der Waals surface area (Å²) in [6.45, 7) is -0.159. The summed E-state index contributed by atoms with van der Waals surface area (Å²) in [5.41, 5.74) is 0.315. The number of non-ortho nitro benzene ring substituents is 1. The monoisotopic (exact) mass is 349 g/mol. The second-order valence-electron chi connectivity index (χ2n) is 4.91. The van der Waals surface area contributed by atoms with Crippen LogP contribution >= 0.6 is 0 Å². The van der Waals surface area contributed by atoms with Crippen LogP contribution < -0.4 is 14.8 Å². The van der Waals surface area contributed by atoms with Crippen molar-refractivity contribution >= 4 is 33.0 Å². The molecule has 1 aliphatic heterocycles. The van der Waals surface area contributed by atoms with Gasteiger partial charge in [0, 0.05) is 18.2 Å². The molecule has 24 heavy (non-hydrogen) atoms. The summed E-state index contributed by atoms with van der Waals surface area (Å²) in [4.78, 5) is 21.1. The van der Waals surface area contributed by atoms with Gasteiger partial charge in [-0.15, -0.1) is 0 Å². The van der Waals surface area contributed by atoms with Gasteiger partial charge >= 0.3 is 0 Å². The van der Waals surface area contributed by atoms with Gasteiger partial charge in [-0.25, -0.2) is 8.42 Å².